The molecule has 1 atom stereocenters. The van der Waals surface area contributed by atoms with E-state index in [1.165, 1.54) is 5.56 Å². The first-order valence-corrected chi connectivity index (χ1v) is 8.45. The lowest BCUT2D eigenvalue weighted by Crippen LogP contribution is -2.28. The molecule has 2 aromatic rings. The number of carbonyl (C=O) groups excluding carboxylic acids is 2. The smallest absolute Gasteiger partial charge is 0.229 e. The summed E-state index contributed by atoms with van der Waals surface area (Å²) in [5.41, 5.74) is 2.74. The fourth-order valence-corrected chi connectivity index (χ4v) is 2.99. The van der Waals surface area contributed by atoms with Crippen molar-refractivity contribution in [1.29, 1.82) is 0 Å². The summed E-state index contributed by atoms with van der Waals surface area (Å²) >= 11 is 0. The van der Waals surface area contributed by atoms with Gasteiger partial charge >= 0.3 is 0 Å². The highest BCUT2D eigenvalue weighted by Gasteiger charge is 2.35. The molecule has 2 aromatic carbocycles. The molecule has 2 amide bonds. The van der Waals surface area contributed by atoms with Gasteiger partial charge in [-0.1, -0.05) is 25.1 Å². The summed E-state index contributed by atoms with van der Waals surface area (Å²) in [5.74, 6) is 0.159. The van der Waals surface area contributed by atoms with Gasteiger partial charge in [-0.25, -0.2) is 0 Å². The number of aryl methyl sites for hydroxylation is 1. The van der Waals surface area contributed by atoms with Crippen molar-refractivity contribution in [3.8, 4) is 5.75 Å². The van der Waals surface area contributed by atoms with Crippen LogP contribution in [0.15, 0.2) is 48.5 Å². The molecule has 1 N–H and O–H groups in total. The first kappa shape index (κ1) is 17.0. The van der Waals surface area contributed by atoms with Crippen molar-refractivity contribution in [2.24, 2.45) is 5.92 Å². The zero-order valence-electron chi connectivity index (χ0n) is 14.5. The molecule has 25 heavy (non-hydrogen) atoms. The van der Waals surface area contributed by atoms with Crippen LogP contribution < -0.4 is 15.0 Å². The van der Waals surface area contributed by atoms with E-state index in [4.69, 9.17) is 4.74 Å². The SMILES string of the molecule is CCc1ccc(N2CC(C(=O)Nc3cccc(OC)c3)CC2=O)cc1. The Hall–Kier alpha value is -2.82. The van der Waals surface area contributed by atoms with Crippen LogP contribution in [0.3, 0.4) is 0 Å². The van der Waals surface area contributed by atoms with Gasteiger partial charge in [-0.2, -0.15) is 0 Å². The highest BCUT2D eigenvalue weighted by molar-refractivity contribution is 6.03. The predicted octanol–water partition coefficient (Wildman–Crippen LogP) is 3.25. The van der Waals surface area contributed by atoms with Crippen LogP contribution >= 0.6 is 0 Å². The Kier molecular flexibility index (Phi) is 5.03. The van der Waals surface area contributed by atoms with Gasteiger partial charge < -0.3 is 15.0 Å². The van der Waals surface area contributed by atoms with Gasteiger partial charge in [-0.05, 0) is 36.2 Å². The first-order valence-electron chi connectivity index (χ1n) is 8.45. The maximum Gasteiger partial charge on any atom is 0.229 e. The van der Waals surface area contributed by atoms with Gasteiger partial charge in [0.2, 0.25) is 11.8 Å². The number of benzene rings is 2. The molecule has 1 aliphatic heterocycles. The minimum atomic E-state index is -0.357. The number of hydrogen-bond acceptors (Lipinski definition) is 3. The molecule has 1 heterocycles. The van der Waals surface area contributed by atoms with E-state index in [1.54, 1.807) is 24.1 Å². The Balaban J connectivity index is 1.67. The molecule has 0 saturated carbocycles. The van der Waals surface area contributed by atoms with Crippen LogP contribution in [-0.4, -0.2) is 25.5 Å². The zero-order valence-corrected chi connectivity index (χ0v) is 14.5. The second-order valence-electron chi connectivity index (χ2n) is 6.15. The second kappa shape index (κ2) is 7.38. The van der Waals surface area contributed by atoms with Crippen molar-refractivity contribution in [1.82, 2.24) is 0 Å². The molecule has 1 aliphatic rings. The standard InChI is InChI=1S/C20H22N2O3/c1-3-14-7-9-17(10-8-14)22-13-15(11-19(22)23)20(24)21-16-5-4-6-18(12-16)25-2/h4-10,12,15H,3,11,13H2,1-2H3,(H,21,24). The summed E-state index contributed by atoms with van der Waals surface area (Å²) < 4.78 is 5.16. The highest BCUT2D eigenvalue weighted by atomic mass is 16.5. The number of rotatable bonds is 5. The fourth-order valence-electron chi connectivity index (χ4n) is 2.99. The molecule has 3 rings (SSSR count). The van der Waals surface area contributed by atoms with Crippen LogP contribution in [0.2, 0.25) is 0 Å². The average Bonchev–Trinajstić information content (AvgIpc) is 3.04. The van der Waals surface area contributed by atoms with Gasteiger partial charge in [-0.3, -0.25) is 9.59 Å². The van der Waals surface area contributed by atoms with E-state index < -0.39 is 0 Å². The summed E-state index contributed by atoms with van der Waals surface area (Å²) in [6.07, 6.45) is 1.19. The molecule has 1 unspecified atom stereocenters. The Morgan fingerprint density at radius 2 is 2.00 bits per heavy atom. The number of ether oxygens (including phenoxy) is 1. The summed E-state index contributed by atoms with van der Waals surface area (Å²) in [7, 11) is 1.58. The number of nitrogens with zero attached hydrogens (tertiary/aromatic N) is 1. The molecule has 5 heteroatoms. The van der Waals surface area contributed by atoms with E-state index >= 15 is 0 Å². The Bertz CT molecular complexity index is 771. The minimum absolute atomic E-state index is 0.0185. The molecule has 5 nitrogen and oxygen atoms in total. The van der Waals surface area contributed by atoms with E-state index in [0.29, 0.717) is 18.0 Å². The molecule has 0 aromatic heterocycles. The molecule has 130 valence electrons. The monoisotopic (exact) mass is 338 g/mol. The molecule has 1 fully saturated rings. The van der Waals surface area contributed by atoms with Crippen LogP contribution in [0.5, 0.6) is 5.75 Å². The van der Waals surface area contributed by atoms with Gasteiger partial charge in [0, 0.05) is 30.4 Å². The van der Waals surface area contributed by atoms with Crippen molar-refractivity contribution in [3.05, 3.63) is 54.1 Å². The number of methoxy groups -OCH3 is 1. The van der Waals surface area contributed by atoms with Gasteiger partial charge in [0.15, 0.2) is 0 Å². The lowest BCUT2D eigenvalue weighted by molar-refractivity contribution is -0.122. The third-order valence-electron chi connectivity index (χ3n) is 4.49. The Labute approximate surface area is 147 Å². The number of amides is 2. The van der Waals surface area contributed by atoms with E-state index in [-0.39, 0.29) is 24.2 Å². The maximum absolute atomic E-state index is 12.5. The predicted molar refractivity (Wildman–Crippen MR) is 97.9 cm³/mol. The maximum atomic E-state index is 12.5. The topological polar surface area (TPSA) is 58.6 Å². The number of hydrogen-bond donors (Lipinski definition) is 1. The quantitative estimate of drug-likeness (QED) is 0.910. The van der Waals surface area contributed by atoms with Crippen LogP contribution in [0, 0.1) is 5.92 Å². The third kappa shape index (κ3) is 3.82. The summed E-state index contributed by atoms with van der Waals surface area (Å²) in [6, 6.07) is 15.1. The largest absolute Gasteiger partial charge is 0.497 e. The molecular formula is C20H22N2O3. The molecular weight excluding hydrogens is 316 g/mol. The number of anilines is 2. The molecule has 1 saturated heterocycles. The Morgan fingerprint density at radius 3 is 2.68 bits per heavy atom. The molecule has 0 aliphatic carbocycles. The van der Waals surface area contributed by atoms with Gasteiger partial charge in [0.25, 0.3) is 0 Å². The van der Waals surface area contributed by atoms with E-state index in [2.05, 4.69) is 12.2 Å². The normalized spacial score (nSPS) is 16.8. The van der Waals surface area contributed by atoms with Crippen molar-refractivity contribution >= 4 is 23.2 Å². The van der Waals surface area contributed by atoms with E-state index in [0.717, 1.165) is 12.1 Å². The zero-order chi connectivity index (χ0) is 17.8. The third-order valence-corrected chi connectivity index (χ3v) is 4.49. The summed E-state index contributed by atoms with van der Waals surface area (Å²) in [4.78, 5) is 26.5. The summed E-state index contributed by atoms with van der Waals surface area (Å²) in [5, 5.41) is 2.87. The van der Waals surface area contributed by atoms with Gasteiger partial charge in [0.05, 0.1) is 13.0 Å². The lowest BCUT2D eigenvalue weighted by atomic mass is 10.1. The van der Waals surface area contributed by atoms with E-state index in [9.17, 15) is 9.59 Å². The Morgan fingerprint density at radius 1 is 1.24 bits per heavy atom. The van der Waals surface area contributed by atoms with E-state index in [1.807, 2.05) is 36.4 Å². The van der Waals surface area contributed by atoms with Crippen LogP contribution in [-0.2, 0) is 16.0 Å². The van der Waals surface area contributed by atoms with Crippen LogP contribution in [0.1, 0.15) is 18.9 Å². The minimum Gasteiger partial charge on any atom is -0.497 e. The molecule has 0 radical (unpaired) electrons. The second-order valence-corrected chi connectivity index (χ2v) is 6.15. The number of nitrogens with one attached hydrogen (secondary N) is 1. The lowest BCUT2D eigenvalue weighted by Gasteiger charge is -2.17. The fraction of sp³-hybridized carbons (Fsp3) is 0.300. The number of carbonyl (C=O) groups is 2. The summed E-state index contributed by atoms with van der Waals surface area (Å²) in [6.45, 7) is 2.50. The van der Waals surface area contributed by atoms with Crippen molar-refractivity contribution in [3.63, 3.8) is 0 Å². The average molecular weight is 338 g/mol. The molecule has 0 bridgehead atoms. The highest BCUT2D eigenvalue weighted by Crippen LogP contribution is 2.27. The van der Waals surface area contributed by atoms with Gasteiger partial charge in [-0.15, -0.1) is 0 Å². The van der Waals surface area contributed by atoms with Crippen molar-refractivity contribution in [2.45, 2.75) is 19.8 Å². The van der Waals surface area contributed by atoms with Gasteiger partial charge in [0.1, 0.15) is 5.75 Å². The van der Waals surface area contributed by atoms with Crippen molar-refractivity contribution in [2.75, 3.05) is 23.9 Å². The van der Waals surface area contributed by atoms with Crippen LogP contribution in [0.25, 0.3) is 0 Å². The van der Waals surface area contributed by atoms with Crippen LogP contribution in [0.4, 0.5) is 11.4 Å². The van der Waals surface area contributed by atoms with Crippen molar-refractivity contribution < 1.29 is 14.3 Å². The first-order chi connectivity index (χ1) is 12.1. The molecule has 0 spiro atoms.